The first-order valence-electron chi connectivity index (χ1n) is 12.5. The van der Waals surface area contributed by atoms with Crippen LogP contribution in [0.2, 0.25) is 0 Å². The van der Waals surface area contributed by atoms with Crippen LogP contribution >= 0.6 is 0 Å². The van der Waals surface area contributed by atoms with Gasteiger partial charge in [0.15, 0.2) is 11.3 Å². The molecule has 0 amide bonds. The minimum absolute atomic E-state index is 0.00345. The molecule has 0 spiro atoms. The van der Waals surface area contributed by atoms with E-state index < -0.39 is 5.97 Å². The first kappa shape index (κ1) is 22.4. The highest BCUT2D eigenvalue weighted by Crippen LogP contribution is 2.43. The quantitative estimate of drug-likeness (QED) is 0.575. The number of benzene rings is 1. The number of rotatable bonds is 6. The summed E-state index contributed by atoms with van der Waals surface area (Å²) in [5, 5.41) is 15.7. The van der Waals surface area contributed by atoms with E-state index in [2.05, 4.69) is 14.8 Å². The van der Waals surface area contributed by atoms with Crippen molar-refractivity contribution in [3.63, 3.8) is 0 Å². The third-order valence-electron chi connectivity index (χ3n) is 7.96. The van der Waals surface area contributed by atoms with Gasteiger partial charge in [-0.05, 0) is 56.0 Å². The highest BCUT2D eigenvalue weighted by atomic mass is 19.1. The Labute approximate surface area is 203 Å². The zero-order valence-corrected chi connectivity index (χ0v) is 19.9. The number of hydrogen-bond acceptors (Lipinski definition) is 6. The highest BCUT2D eigenvalue weighted by molar-refractivity contribution is 5.98. The average Bonchev–Trinajstić information content (AvgIpc) is 3.17. The molecule has 3 fully saturated rings. The van der Waals surface area contributed by atoms with Crippen LogP contribution in [-0.2, 0) is 4.74 Å². The van der Waals surface area contributed by atoms with E-state index in [9.17, 15) is 14.3 Å². The molecule has 1 aliphatic carbocycles. The highest BCUT2D eigenvalue weighted by Gasteiger charge is 2.36. The van der Waals surface area contributed by atoms with Crippen LogP contribution < -0.4 is 4.90 Å². The number of pyridine rings is 1. The fraction of sp³-hybridized carbons (Fsp3) is 0.500. The predicted octanol–water partition coefficient (Wildman–Crippen LogP) is 3.82. The van der Waals surface area contributed by atoms with E-state index >= 15 is 0 Å². The van der Waals surface area contributed by atoms with E-state index in [4.69, 9.17) is 9.84 Å². The number of aromatic nitrogens is 3. The number of hydrogen-bond donors (Lipinski definition) is 1. The summed E-state index contributed by atoms with van der Waals surface area (Å²) in [5.74, 6) is -1.06. The Kier molecular flexibility index (Phi) is 5.69. The van der Waals surface area contributed by atoms with Crippen molar-refractivity contribution in [2.75, 3.05) is 38.2 Å². The summed E-state index contributed by atoms with van der Waals surface area (Å²) in [6.45, 7) is 3.67. The molecule has 2 aliphatic heterocycles. The summed E-state index contributed by atoms with van der Waals surface area (Å²) in [6.07, 6.45) is 5.67. The average molecular weight is 480 g/mol. The molecular formula is C26H30FN5O3. The second-order valence-electron chi connectivity index (χ2n) is 9.96. The van der Waals surface area contributed by atoms with Gasteiger partial charge in [-0.3, -0.25) is 4.90 Å². The minimum atomic E-state index is -1.06. The number of carboxylic acids is 1. The van der Waals surface area contributed by atoms with Gasteiger partial charge in [0.25, 0.3) is 0 Å². The maximum atomic E-state index is 13.6. The largest absolute Gasteiger partial charge is 0.477 e. The van der Waals surface area contributed by atoms with Gasteiger partial charge in [-0.2, -0.15) is 5.10 Å². The number of halogens is 1. The van der Waals surface area contributed by atoms with Crippen LogP contribution in [0.4, 0.5) is 10.1 Å². The normalized spacial score (nSPS) is 20.2. The minimum Gasteiger partial charge on any atom is -0.477 e. The Morgan fingerprint density at radius 3 is 2.43 bits per heavy atom. The van der Waals surface area contributed by atoms with Crippen molar-refractivity contribution in [2.45, 2.75) is 50.2 Å². The SMILES string of the molecule is COC1CN(C2CCN(c3cc(C(=O)O)nc4c3c(C3CCC3)nn4-c3ccc(F)cc3)CC2)C1. The van der Waals surface area contributed by atoms with Crippen LogP contribution in [0.5, 0.6) is 0 Å². The smallest absolute Gasteiger partial charge is 0.354 e. The fourth-order valence-electron chi connectivity index (χ4n) is 5.60. The summed E-state index contributed by atoms with van der Waals surface area (Å²) < 4.78 is 20.7. The maximum absolute atomic E-state index is 13.6. The van der Waals surface area contributed by atoms with E-state index in [0.717, 1.165) is 75.1 Å². The molecule has 9 heteroatoms. The Morgan fingerprint density at radius 2 is 1.83 bits per heavy atom. The molecule has 3 aromatic rings. The van der Waals surface area contributed by atoms with Crippen molar-refractivity contribution in [3.8, 4) is 5.69 Å². The van der Waals surface area contributed by atoms with Gasteiger partial charge in [0.2, 0.25) is 0 Å². The number of likely N-dealkylation sites (tertiary alicyclic amines) is 1. The second-order valence-corrected chi connectivity index (χ2v) is 9.96. The molecule has 1 saturated carbocycles. The predicted molar refractivity (Wildman–Crippen MR) is 130 cm³/mol. The molecule has 0 radical (unpaired) electrons. The molecule has 35 heavy (non-hydrogen) atoms. The van der Waals surface area contributed by atoms with Gasteiger partial charge >= 0.3 is 5.97 Å². The third kappa shape index (κ3) is 3.96. The van der Waals surface area contributed by atoms with E-state index in [0.29, 0.717) is 29.4 Å². The van der Waals surface area contributed by atoms with Gasteiger partial charge in [-0.15, -0.1) is 0 Å². The Balaban J connectivity index is 1.40. The first-order valence-corrected chi connectivity index (χ1v) is 12.5. The van der Waals surface area contributed by atoms with E-state index in [1.165, 1.54) is 12.1 Å². The number of anilines is 1. The van der Waals surface area contributed by atoms with Gasteiger partial charge in [0.1, 0.15) is 5.82 Å². The lowest BCUT2D eigenvalue weighted by molar-refractivity contribution is -0.0546. The van der Waals surface area contributed by atoms with E-state index in [-0.39, 0.29) is 11.5 Å². The monoisotopic (exact) mass is 479 g/mol. The van der Waals surface area contributed by atoms with Crippen molar-refractivity contribution in [1.82, 2.24) is 19.7 Å². The lowest BCUT2D eigenvalue weighted by Gasteiger charge is -2.46. The molecule has 6 rings (SSSR count). The molecule has 3 aliphatic rings. The van der Waals surface area contributed by atoms with Gasteiger partial charge in [0, 0.05) is 45.2 Å². The number of carbonyl (C=O) groups is 1. The Bertz CT molecular complexity index is 1240. The molecule has 0 unspecified atom stereocenters. The van der Waals surface area contributed by atoms with Crippen LogP contribution in [0.15, 0.2) is 30.3 Å². The summed E-state index contributed by atoms with van der Waals surface area (Å²) in [7, 11) is 1.77. The van der Waals surface area contributed by atoms with Crippen LogP contribution in [0, 0.1) is 5.82 Å². The lowest BCUT2D eigenvalue weighted by atomic mass is 9.82. The standard InChI is InChI=1S/C26H30FN5O3/c1-35-20-14-31(15-20)18-9-11-30(12-10-18)22-13-21(26(33)34)28-25-23(22)24(16-3-2-4-16)29-32(25)19-7-5-17(27)6-8-19/h5-8,13,16,18,20H,2-4,9-12,14-15H2,1H3,(H,33,34). The molecule has 8 nitrogen and oxygen atoms in total. The van der Waals surface area contributed by atoms with E-state index in [1.54, 1.807) is 30.0 Å². The van der Waals surface area contributed by atoms with Crippen molar-refractivity contribution in [3.05, 3.63) is 47.5 Å². The number of piperidine rings is 1. The number of nitrogens with zero attached hydrogens (tertiary/aromatic N) is 5. The van der Waals surface area contributed by atoms with Crippen LogP contribution in [0.1, 0.15) is 54.2 Å². The molecule has 0 atom stereocenters. The maximum Gasteiger partial charge on any atom is 0.354 e. The fourth-order valence-corrected chi connectivity index (χ4v) is 5.60. The van der Waals surface area contributed by atoms with Gasteiger partial charge < -0.3 is 14.7 Å². The van der Waals surface area contributed by atoms with Crippen molar-refractivity contribution in [1.29, 1.82) is 0 Å². The molecule has 184 valence electrons. The number of carboxylic acid groups (broad SMARTS) is 1. The first-order chi connectivity index (χ1) is 17.0. The van der Waals surface area contributed by atoms with Crippen LogP contribution in [0.25, 0.3) is 16.7 Å². The Hall–Kier alpha value is -3.04. The number of aromatic carboxylic acids is 1. The van der Waals surface area contributed by atoms with Crippen LogP contribution in [0.3, 0.4) is 0 Å². The van der Waals surface area contributed by atoms with Crippen LogP contribution in [-0.4, -0.2) is 76.2 Å². The van der Waals surface area contributed by atoms with Crippen molar-refractivity contribution >= 4 is 22.7 Å². The zero-order valence-electron chi connectivity index (χ0n) is 19.9. The van der Waals surface area contributed by atoms with Gasteiger partial charge in [-0.25, -0.2) is 18.9 Å². The third-order valence-corrected chi connectivity index (χ3v) is 7.96. The zero-order chi connectivity index (χ0) is 24.1. The topological polar surface area (TPSA) is 83.7 Å². The molecule has 4 heterocycles. The van der Waals surface area contributed by atoms with Gasteiger partial charge in [0.05, 0.1) is 28.6 Å². The summed E-state index contributed by atoms with van der Waals surface area (Å²) >= 11 is 0. The second kappa shape index (κ2) is 8.87. The molecule has 0 bridgehead atoms. The summed E-state index contributed by atoms with van der Waals surface area (Å²) in [6, 6.07) is 8.35. The molecule has 1 aromatic carbocycles. The number of fused-ring (bicyclic) bond motifs is 1. The number of ether oxygens (including phenoxy) is 1. The molecular weight excluding hydrogens is 449 g/mol. The number of methoxy groups -OCH3 is 1. The van der Waals surface area contributed by atoms with Crippen molar-refractivity contribution in [2.24, 2.45) is 0 Å². The molecule has 2 saturated heterocycles. The van der Waals surface area contributed by atoms with E-state index in [1.807, 2.05) is 0 Å². The lowest BCUT2D eigenvalue weighted by Crippen LogP contribution is -2.58. The summed E-state index contributed by atoms with van der Waals surface area (Å²) in [4.78, 5) is 21.4. The van der Waals surface area contributed by atoms with Gasteiger partial charge in [-0.1, -0.05) is 6.42 Å². The molecule has 1 N–H and O–H groups in total. The molecule has 2 aromatic heterocycles. The summed E-state index contributed by atoms with van der Waals surface area (Å²) in [5.41, 5.74) is 3.08. The Morgan fingerprint density at radius 1 is 1.11 bits per heavy atom. The van der Waals surface area contributed by atoms with Crippen molar-refractivity contribution < 1.29 is 19.0 Å².